The van der Waals surface area contributed by atoms with E-state index in [1.165, 1.54) is 19.3 Å². The second-order valence-electron chi connectivity index (χ2n) is 5.69. The zero-order valence-electron chi connectivity index (χ0n) is 11.8. The van der Waals surface area contributed by atoms with Gasteiger partial charge in [-0.1, -0.05) is 5.16 Å². The molecule has 112 valence electrons. The van der Waals surface area contributed by atoms with Crippen LogP contribution in [-0.4, -0.2) is 56.1 Å². The lowest BCUT2D eigenvalue weighted by atomic mass is 10.0. The molecule has 0 amide bonds. The van der Waals surface area contributed by atoms with Gasteiger partial charge in [0.2, 0.25) is 11.7 Å². The van der Waals surface area contributed by atoms with E-state index in [0.29, 0.717) is 23.5 Å². The Hall–Kier alpha value is -1.80. The monoisotopic (exact) mass is 289 g/mol. The van der Waals surface area contributed by atoms with Crippen molar-refractivity contribution in [1.82, 2.24) is 35.8 Å². The summed E-state index contributed by atoms with van der Waals surface area (Å²) in [6.45, 7) is 3.32. The molecule has 2 fully saturated rings. The molecule has 8 heteroatoms. The van der Waals surface area contributed by atoms with Crippen molar-refractivity contribution in [1.29, 1.82) is 0 Å². The summed E-state index contributed by atoms with van der Waals surface area (Å²) in [7, 11) is 0. The lowest BCUT2D eigenvalue weighted by Gasteiger charge is -2.34. The molecule has 0 radical (unpaired) electrons. The van der Waals surface area contributed by atoms with E-state index < -0.39 is 0 Å². The van der Waals surface area contributed by atoms with Crippen molar-refractivity contribution in [3.63, 3.8) is 0 Å². The van der Waals surface area contributed by atoms with Crippen LogP contribution in [-0.2, 0) is 0 Å². The van der Waals surface area contributed by atoms with Gasteiger partial charge < -0.3 is 9.84 Å². The van der Waals surface area contributed by atoms with Crippen LogP contribution in [0, 0.1) is 0 Å². The zero-order valence-corrected chi connectivity index (χ0v) is 11.8. The molecular weight excluding hydrogens is 270 g/mol. The highest BCUT2D eigenvalue weighted by molar-refractivity contribution is 5.44. The van der Waals surface area contributed by atoms with Gasteiger partial charge >= 0.3 is 0 Å². The number of aromatic amines is 1. The summed E-state index contributed by atoms with van der Waals surface area (Å²) < 4.78 is 5.49. The third-order valence-electron chi connectivity index (χ3n) is 4.44. The van der Waals surface area contributed by atoms with Gasteiger partial charge in [0.15, 0.2) is 5.69 Å². The predicted octanol–water partition coefficient (Wildman–Crippen LogP) is 0.744. The Bertz CT molecular complexity index is 575. The lowest BCUT2D eigenvalue weighted by molar-refractivity contribution is 0.126. The van der Waals surface area contributed by atoms with Crippen LogP contribution in [0.5, 0.6) is 0 Å². The zero-order chi connectivity index (χ0) is 14.1. The van der Waals surface area contributed by atoms with E-state index in [9.17, 15) is 0 Å². The highest BCUT2D eigenvalue weighted by Gasteiger charge is 2.35. The Morgan fingerprint density at radius 2 is 2.14 bits per heavy atom. The first-order valence-electron chi connectivity index (χ1n) is 7.58. The van der Waals surface area contributed by atoms with Gasteiger partial charge in [0, 0.05) is 6.04 Å². The number of likely N-dealkylation sites (tertiary alicyclic amines) is 1. The van der Waals surface area contributed by atoms with Gasteiger partial charge in [0.1, 0.15) is 0 Å². The third kappa shape index (κ3) is 2.44. The average molecular weight is 289 g/mol. The molecule has 2 saturated heterocycles. The highest BCUT2D eigenvalue weighted by Crippen LogP contribution is 2.35. The van der Waals surface area contributed by atoms with E-state index in [1.54, 1.807) is 6.20 Å². The van der Waals surface area contributed by atoms with Gasteiger partial charge in [0.25, 0.3) is 0 Å². The van der Waals surface area contributed by atoms with Gasteiger partial charge in [-0.05, 0) is 45.3 Å². The second kappa shape index (κ2) is 5.53. The fraction of sp³-hybridized carbons (Fsp3) is 0.692. The summed E-state index contributed by atoms with van der Waals surface area (Å²) in [6.07, 6.45) is 6.27. The molecule has 8 nitrogen and oxygen atoms in total. The Balaban J connectivity index is 1.54. The summed E-state index contributed by atoms with van der Waals surface area (Å²) >= 11 is 0. The van der Waals surface area contributed by atoms with E-state index in [0.717, 1.165) is 26.1 Å². The van der Waals surface area contributed by atoms with Crippen LogP contribution in [0.2, 0.25) is 0 Å². The van der Waals surface area contributed by atoms with Crippen LogP contribution < -0.4 is 5.32 Å². The molecule has 4 rings (SSSR count). The van der Waals surface area contributed by atoms with Crippen LogP contribution in [0.3, 0.4) is 0 Å². The van der Waals surface area contributed by atoms with Crippen LogP contribution in [0.4, 0.5) is 0 Å². The molecule has 0 aliphatic carbocycles. The maximum Gasteiger partial charge on any atom is 0.244 e. The number of aromatic nitrogens is 5. The maximum absolute atomic E-state index is 5.49. The van der Waals surface area contributed by atoms with Crippen molar-refractivity contribution in [2.24, 2.45) is 0 Å². The minimum Gasteiger partial charge on any atom is -0.337 e. The Morgan fingerprint density at radius 3 is 2.95 bits per heavy atom. The van der Waals surface area contributed by atoms with Crippen molar-refractivity contribution in [2.45, 2.75) is 37.8 Å². The van der Waals surface area contributed by atoms with Crippen molar-refractivity contribution in [2.75, 3.05) is 19.6 Å². The van der Waals surface area contributed by atoms with Crippen molar-refractivity contribution in [3.05, 3.63) is 12.1 Å². The van der Waals surface area contributed by atoms with Gasteiger partial charge in [0.05, 0.1) is 12.2 Å². The van der Waals surface area contributed by atoms with Gasteiger partial charge in [-0.15, -0.1) is 0 Å². The highest BCUT2D eigenvalue weighted by atomic mass is 16.5. The molecule has 21 heavy (non-hydrogen) atoms. The molecule has 0 bridgehead atoms. The van der Waals surface area contributed by atoms with Crippen molar-refractivity contribution in [3.8, 4) is 11.5 Å². The number of piperidine rings is 1. The van der Waals surface area contributed by atoms with E-state index in [-0.39, 0.29) is 6.04 Å². The Morgan fingerprint density at radius 1 is 1.24 bits per heavy atom. The van der Waals surface area contributed by atoms with E-state index in [2.05, 4.69) is 35.8 Å². The molecule has 2 aromatic heterocycles. The van der Waals surface area contributed by atoms with Gasteiger partial charge in [-0.3, -0.25) is 4.90 Å². The molecule has 4 heterocycles. The Kier molecular flexibility index (Phi) is 3.40. The summed E-state index contributed by atoms with van der Waals surface area (Å²) in [6, 6.07) is 0.877. The van der Waals surface area contributed by atoms with Crippen molar-refractivity contribution >= 4 is 0 Å². The SMILES string of the molecule is c1n[nH]nc1-c1noc(C2CCCN2C2CCNCC2)n1. The largest absolute Gasteiger partial charge is 0.337 e. The molecule has 1 unspecified atom stereocenters. The Labute approximate surface area is 122 Å². The van der Waals surface area contributed by atoms with Crippen LogP contribution >= 0.6 is 0 Å². The van der Waals surface area contributed by atoms with Gasteiger partial charge in [-0.2, -0.15) is 20.4 Å². The first-order valence-corrected chi connectivity index (χ1v) is 7.58. The second-order valence-corrected chi connectivity index (χ2v) is 5.69. The minimum atomic E-state index is 0.251. The number of nitrogens with zero attached hydrogens (tertiary/aromatic N) is 5. The van der Waals surface area contributed by atoms with Gasteiger partial charge in [-0.25, -0.2) is 0 Å². The molecule has 0 spiro atoms. The van der Waals surface area contributed by atoms with E-state index >= 15 is 0 Å². The average Bonchev–Trinajstić information content (AvgIpc) is 3.27. The number of H-pyrrole nitrogens is 1. The van der Waals surface area contributed by atoms with Crippen LogP contribution in [0.25, 0.3) is 11.5 Å². The molecule has 2 aromatic rings. The first kappa shape index (κ1) is 12.9. The predicted molar refractivity (Wildman–Crippen MR) is 74.2 cm³/mol. The fourth-order valence-corrected chi connectivity index (χ4v) is 3.41. The number of hydrogen-bond donors (Lipinski definition) is 2. The molecule has 2 aliphatic rings. The normalized spacial score (nSPS) is 24.7. The number of nitrogens with one attached hydrogen (secondary N) is 2. The standard InChI is InChI=1S/C13H19N7O/c1-2-11(20(7-1)9-3-5-14-6-4-9)13-16-12(18-21-13)10-8-15-19-17-10/h8-9,11,14H,1-7H2,(H,15,17,19). The van der Waals surface area contributed by atoms with Crippen LogP contribution in [0.15, 0.2) is 10.7 Å². The van der Waals surface area contributed by atoms with E-state index in [4.69, 9.17) is 4.52 Å². The summed E-state index contributed by atoms with van der Waals surface area (Å²) in [4.78, 5) is 7.06. The third-order valence-corrected chi connectivity index (χ3v) is 4.44. The van der Waals surface area contributed by atoms with Crippen molar-refractivity contribution < 1.29 is 4.52 Å². The summed E-state index contributed by atoms with van der Waals surface area (Å²) in [5.41, 5.74) is 0.622. The molecule has 0 saturated carbocycles. The molecule has 1 atom stereocenters. The lowest BCUT2D eigenvalue weighted by Crippen LogP contribution is -2.42. The summed E-state index contributed by atoms with van der Waals surface area (Å²) in [5, 5.41) is 17.8. The molecule has 2 N–H and O–H groups in total. The van der Waals surface area contributed by atoms with Crippen LogP contribution in [0.1, 0.15) is 37.6 Å². The molecule has 0 aromatic carbocycles. The summed E-state index contributed by atoms with van der Waals surface area (Å²) in [5.74, 6) is 1.22. The maximum atomic E-state index is 5.49. The minimum absolute atomic E-state index is 0.251. The molecule has 2 aliphatic heterocycles. The topological polar surface area (TPSA) is 95.8 Å². The smallest absolute Gasteiger partial charge is 0.244 e. The first-order chi connectivity index (χ1) is 10.4. The van der Waals surface area contributed by atoms with E-state index in [1.807, 2.05) is 0 Å². The number of hydrogen-bond acceptors (Lipinski definition) is 7. The number of rotatable bonds is 3. The molecular formula is C13H19N7O. The fourth-order valence-electron chi connectivity index (χ4n) is 3.41. The quantitative estimate of drug-likeness (QED) is 0.860.